The zero-order valence-corrected chi connectivity index (χ0v) is 14.4. The van der Waals surface area contributed by atoms with Gasteiger partial charge in [-0.15, -0.1) is 0 Å². The molecule has 3 heteroatoms. The van der Waals surface area contributed by atoms with E-state index in [9.17, 15) is 0 Å². The molecular formula is C17H36N2O. The molecule has 0 bridgehead atoms. The van der Waals surface area contributed by atoms with Crippen LogP contribution >= 0.6 is 0 Å². The molecule has 0 amide bonds. The van der Waals surface area contributed by atoms with Gasteiger partial charge in [-0.2, -0.15) is 0 Å². The molecule has 1 aliphatic heterocycles. The first kappa shape index (κ1) is 17.9. The Balaban J connectivity index is 2.41. The molecule has 0 spiro atoms. The normalized spacial score (nSPS) is 23.2. The van der Waals surface area contributed by atoms with Crippen LogP contribution in [-0.4, -0.2) is 50.8 Å². The van der Waals surface area contributed by atoms with Crippen molar-refractivity contribution in [3.05, 3.63) is 0 Å². The molecule has 1 fully saturated rings. The summed E-state index contributed by atoms with van der Waals surface area (Å²) in [6.07, 6.45) is 5.12. The summed E-state index contributed by atoms with van der Waals surface area (Å²) < 4.78 is 5.60. The van der Waals surface area contributed by atoms with Crippen molar-refractivity contribution in [2.75, 3.05) is 39.9 Å². The first-order chi connectivity index (χ1) is 9.45. The Morgan fingerprint density at radius 2 is 2.15 bits per heavy atom. The second kappa shape index (κ2) is 9.01. The zero-order chi connectivity index (χ0) is 15.0. The summed E-state index contributed by atoms with van der Waals surface area (Å²) in [6.45, 7) is 14.6. The fraction of sp³-hybridized carbons (Fsp3) is 1.00. The molecule has 0 saturated carbocycles. The number of hydrogen-bond acceptors (Lipinski definition) is 3. The molecule has 0 aliphatic carbocycles. The zero-order valence-electron chi connectivity index (χ0n) is 14.4. The largest absolute Gasteiger partial charge is 0.381 e. The lowest BCUT2D eigenvalue weighted by molar-refractivity contribution is 0.0356. The summed E-state index contributed by atoms with van der Waals surface area (Å²) in [5.41, 5.74) is 0.378. The van der Waals surface area contributed by atoms with Crippen LogP contribution in [0, 0.1) is 11.3 Å². The van der Waals surface area contributed by atoms with Gasteiger partial charge >= 0.3 is 0 Å². The van der Waals surface area contributed by atoms with Gasteiger partial charge in [0, 0.05) is 32.3 Å². The highest BCUT2D eigenvalue weighted by molar-refractivity contribution is 4.81. The van der Waals surface area contributed by atoms with Crippen LogP contribution < -0.4 is 5.32 Å². The van der Waals surface area contributed by atoms with E-state index in [1.54, 1.807) is 0 Å². The molecule has 0 aromatic heterocycles. The summed E-state index contributed by atoms with van der Waals surface area (Å²) in [4.78, 5) is 2.52. The monoisotopic (exact) mass is 284 g/mol. The Morgan fingerprint density at radius 1 is 1.40 bits per heavy atom. The van der Waals surface area contributed by atoms with Crippen molar-refractivity contribution in [3.63, 3.8) is 0 Å². The van der Waals surface area contributed by atoms with Gasteiger partial charge < -0.3 is 15.0 Å². The third-order valence-electron chi connectivity index (χ3n) is 4.27. The van der Waals surface area contributed by atoms with Crippen molar-refractivity contribution in [2.24, 2.45) is 11.3 Å². The van der Waals surface area contributed by atoms with E-state index in [2.05, 4.69) is 45.0 Å². The van der Waals surface area contributed by atoms with Crippen LogP contribution in [0.5, 0.6) is 0 Å². The maximum Gasteiger partial charge on any atom is 0.0506 e. The third kappa shape index (κ3) is 7.05. The van der Waals surface area contributed by atoms with Crippen molar-refractivity contribution in [2.45, 2.75) is 59.4 Å². The van der Waals surface area contributed by atoms with Crippen molar-refractivity contribution in [1.82, 2.24) is 10.2 Å². The average molecular weight is 284 g/mol. The molecule has 1 rings (SSSR count). The molecule has 120 valence electrons. The van der Waals surface area contributed by atoms with Gasteiger partial charge in [0.1, 0.15) is 0 Å². The molecule has 1 saturated heterocycles. The second-order valence-corrected chi connectivity index (χ2v) is 7.38. The maximum atomic E-state index is 5.60. The van der Waals surface area contributed by atoms with Crippen LogP contribution in [0.4, 0.5) is 0 Å². The van der Waals surface area contributed by atoms with Crippen LogP contribution in [0.3, 0.4) is 0 Å². The van der Waals surface area contributed by atoms with E-state index in [-0.39, 0.29) is 0 Å². The van der Waals surface area contributed by atoms with Gasteiger partial charge in [0.15, 0.2) is 0 Å². The van der Waals surface area contributed by atoms with Crippen LogP contribution in [-0.2, 0) is 4.74 Å². The molecule has 3 nitrogen and oxygen atoms in total. The van der Waals surface area contributed by atoms with Crippen LogP contribution in [0.1, 0.15) is 53.4 Å². The molecule has 1 aliphatic rings. The molecule has 2 atom stereocenters. The Hall–Kier alpha value is -0.120. The minimum Gasteiger partial charge on any atom is -0.381 e. The maximum absolute atomic E-state index is 5.60. The van der Waals surface area contributed by atoms with Gasteiger partial charge in [-0.25, -0.2) is 0 Å². The highest BCUT2D eigenvalue weighted by Gasteiger charge is 2.26. The Morgan fingerprint density at radius 3 is 2.70 bits per heavy atom. The Bertz CT molecular complexity index is 251. The van der Waals surface area contributed by atoms with Crippen molar-refractivity contribution < 1.29 is 4.74 Å². The van der Waals surface area contributed by atoms with Crippen LogP contribution in [0.2, 0.25) is 0 Å². The summed E-state index contributed by atoms with van der Waals surface area (Å²) in [5.74, 6) is 0.734. The lowest BCUT2D eigenvalue weighted by Gasteiger charge is -2.36. The van der Waals surface area contributed by atoms with Gasteiger partial charge in [0.2, 0.25) is 0 Å². The number of rotatable bonds is 9. The minimum absolute atomic E-state index is 0.378. The number of hydrogen-bond donors (Lipinski definition) is 1. The van der Waals surface area contributed by atoms with Crippen molar-refractivity contribution in [3.8, 4) is 0 Å². The SMILES string of the molecule is CCCC(C)(CNC(C)C)CN(C)CC1CCCOC1. The Kier molecular flexibility index (Phi) is 8.08. The van der Waals surface area contributed by atoms with E-state index in [0.717, 1.165) is 25.7 Å². The predicted octanol–water partition coefficient (Wildman–Crippen LogP) is 3.15. The van der Waals surface area contributed by atoms with E-state index in [1.165, 1.54) is 38.8 Å². The van der Waals surface area contributed by atoms with E-state index < -0.39 is 0 Å². The summed E-state index contributed by atoms with van der Waals surface area (Å²) in [7, 11) is 2.28. The summed E-state index contributed by atoms with van der Waals surface area (Å²) >= 11 is 0. The highest BCUT2D eigenvalue weighted by atomic mass is 16.5. The van der Waals surface area contributed by atoms with E-state index in [4.69, 9.17) is 4.74 Å². The molecule has 20 heavy (non-hydrogen) atoms. The molecule has 1 N–H and O–H groups in total. The van der Waals surface area contributed by atoms with Gasteiger partial charge in [-0.05, 0) is 37.6 Å². The van der Waals surface area contributed by atoms with Crippen LogP contribution in [0.15, 0.2) is 0 Å². The topological polar surface area (TPSA) is 24.5 Å². The molecule has 0 aromatic rings. The fourth-order valence-corrected chi connectivity index (χ4v) is 3.39. The molecular weight excluding hydrogens is 248 g/mol. The fourth-order valence-electron chi connectivity index (χ4n) is 3.39. The first-order valence-electron chi connectivity index (χ1n) is 8.45. The van der Waals surface area contributed by atoms with Gasteiger partial charge in [0.05, 0.1) is 6.61 Å². The average Bonchev–Trinajstić information content (AvgIpc) is 2.37. The Labute approximate surface area is 126 Å². The lowest BCUT2D eigenvalue weighted by Crippen LogP contribution is -2.44. The summed E-state index contributed by atoms with van der Waals surface area (Å²) in [5, 5.41) is 3.63. The highest BCUT2D eigenvalue weighted by Crippen LogP contribution is 2.25. The molecule has 0 radical (unpaired) electrons. The van der Waals surface area contributed by atoms with Crippen molar-refractivity contribution >= 4 is 0 Å². The molecule has 1 heterocycles. The van der Waals surface area contributed by atoms with Gasteiger partial charge in [0.25, 0.3) is 0 Å². The lowest BCUT2D eigenvalue weighted by atomic mass is 9.84. The van der Waals surface area contributed by atoms with Gasteiger partial charge in [-0.1, -0.05) is 34.1 Å². The first-order valence-corrected chi connectivity index (χ1v) is 8.45. The number of nitrogens with one attached hydrogen (secondary N) is 1. The number of nitrogens with zero attached hydrogens (tertiary/aromatic N) is 1. The van der Waals surface area contributed by atoms with Crippen LogP contribution in [0.25, 0.3) is 0 Å². The summed E-state index contributed by atoms with van der Waals surface area (Å²) in [6, 6.07) is 0.572. The molecule has 2 unspecified atom stereocenters. The predicted molar refractivity (Wildman–Crippen MR) is 87.2 cm³/mol. The number of ether oxygens (including phenoxy) is 1. The minimum atomic E-state index is 0.378. The van der Waals surface area contributed by atoms with E-state index in [1.807, 2.05) is 0 Å². The van der Waals surface area contributed by atoms with Crippen molar-refractivity contribution in [1.29, 1.82) is 0 Å². The standard InChI is InChI=1S/C17H36N2O/c1-6-9-17(4,13-18-15(2)3)14-19(5)11-16-8-7-10-20-12-16/h15-16,18H,6-14H2,1-5H3. The van der Waals surface area contributed by atoms with E-state index >= 15 is 0 Å². The second-order valence-electron chi connectivity index (χ2n) is 7.38. The third-order valence-corrected chi connectivity index (χ3v) is 4.27. The van der Waals surface area contributed by atoms with Gasteiger partial charge in [-0.3, -0.25) is 0 Å². The van der Waals surface area contributed by atoms with E-state index in [0.29, 0.717) is 11.5 Å². The smallest absolute Gasteiger partial charge is 0.0506 e. The molecule has 0 aromatic carbocycles. The quantitative estimate of drug-likeness (QED) is 0.704.